The Balaban J connectivity index is 1.61. The highest BCUT2D eigenvalue weighted by Crippen LogP contribution is 2.23. The van der Waals surface area contributed by atoms with E-state index < -0.39 is 5.60 Å². The molecule has 2 heterocycles. The maximum Gasteiger partial charge on any atom is 0.410 e. The van der Waals surface area contributed by atoms with E-state index in [1.54, 1.807) is 4.90 Å². The van der Waals surface area contributed by atoms with Crippen LogP contribution in [-0.2, 0) is 14.3 Å². The van der Waals surface area contributed by atoms with Crippen molar-refractivity contribution in [3.63, 3.8) is 0 Å². The molecule has 6 heteroatoms. The van der Waals surface area contributed by atoms with E-state index in [2.05, 4.69) is 23.1 Å². The summed E-state index contributed by atoms with van der Waals surface area (Å²) in [6.45, 7) is 7.75. The zero-order valence-corrected chi connectivity index (χ0v) is 18.2. The van der Waals surface area contributed by atoms with Crippen LogP contribution in [0.15, 0.2) is 59.7 Å². The topological polar surface area (TPSA) is 59.1 Å². The third-order valence-electron chi connectivity index (χ3n) is 4.97. The molecule has 0 aromatic carbocycles. The number of fused-ring (bicyclic) bond motifs is 1. The lowest BCUT2D eigenvalue weighted by molar-refractivity contribution is -0.118. The van der Waals surface area contributed by atoms with E-state index in [4.69, 9.17) is 9.47 Å². The zero-order valence-electron chi connectivity index (χ0n) is 18.2. The monoisotopic (exact) mass is 412 g/mol. The molecule has 0 N–H and O–H groups in total. The Hall–Kier alpha value is -2.76. The van der Waals surface area contributed by atoms with Crippen molar-refractivity contribution in [2.45, 2.75) is 52.1 Å². The highest BCUT2D eigenvalue weighted by molar-refractivity contribution is 5.82. The maximum atomic E-state index is 12.4. The molecular formula is C24H32N2O4. The molecule has 30 heavy (non-hydrogen) atoms. The standard InChI is InChI=1S/C24H32N2O4/c1-24(2,3)30-23(28)26-14-13-25-18-22(16-21(27)11-10-20(25)17-26)29-15-12-19-8-6-4-5-7-9-19/h4-6,8-10,18H,7,11-17H2,1-3H3/b20-10-,22-18+. The first-order valence-electron chi connectivity index (χ1n) is 10.6. The lowest BCUT2D eigenvalue weighted by Gasteiger charge is -2.37. The van der Waals surface area contributed by atoms with Crippen molar-refractivity contribution in [2.75, 3.05) is 26.2 Å². The lowest BCUT2D eigenvalue weighted by Crippen LogP contribution is -2.47. The number of nitrogens with zero attached hydrogens (tertiary/aromatic N) is 2. The number of hydrogen-bond donors (Lipinski definition) is 0. The predicted octanol–water partition coefficient (Wildman–Crippen LogP) is 4.48. The number of piperazine rings is 1. The number of carbonyl (C=O) groups is 2. The molecule has 0 spiro atoms. The van der Waals surface area contributed by atoms with Crippen LogP contribution in [0, 0.1) is 0 Å². The number of ketones is 1. The average molecular weight is 413 g/mol. The summed E-state index contributed by atoms with van der Waals surface area (Å²) in [4.78, 5) is 28.5. The van der Waals surface area contributed by atoms with Crippen LogP contribution in [0.5, 0.6) is 0 Å². The number of hydrogen-bond acceptors (Lipinski definition) is 5. The predicted molar refractivity (Wildman–Crippen MR) is 116 cm³/mol. The summed E-state index contributed by atoms with van der Waals surface area (Å²) in [5.41, 5.74) is 1.64. The number of rotatable bonds is 4. The Morgan fingerprint density at radius 3 is 2.80 bits per heavy atom. The summed E-state index contributed by atoms with van der Waals surface area (Å²) < 4.78 is 11.5. The van der Waals surface area contributed by atoms with Gasteiger partial charge in [-0.05, 0) is 32.8 Å². The van der Waals surface area contributed by atoms with Crippen molar-refractivity contribution in [3.8, 4) is 0 Å². The van der Waals surface area contributed by atoms with Crippen LogP contribution in [-0.4, -0.2) is 53.5 Å². The van der Waals surface area contributed by atoms with E-state index in [0.29, 0.717) is 44.8 Å². The van der Waals surface area contributed by atoms with Crippen LogP contribution >= 0.6 is 0 Å². The molecule has 1 aliphatic carbocycles. The summed E-state index contributed by atoms with van der Waals surface area (Å²) in [6.07, 6.45) is 16.4. The van der Waals surface area contributed by atoms with Crippen molar-refractivity contribution in [2.24, 2.45) is 0 Å². The van der Waals surface area contributed by atoms with E-state index in [1.807, 2.05) is 45.2 Å². The van der Waals surface area contributed by atoms with Crippen molar-refractivity contribution < 1.29 is 19.1 Å². The quantitative estimate of drug-likeness (QED) is 0.682. The summed E-state index contributed by atoms with van der Waals surface area (Å²) in [6, 6.07) is 0. The smallest absolute Gasteiger partial charge is 0.410 e. The lowest BCUT2D eigenvalue weighted by atomic mass is 10.1. The number of amides is 1. The van der Waals surface area contributed by atoms with Crippen molar-refractivity contribution in [1.82, 2.24) is 9.80 Å². The molecule has 0 aromatic rings. The van der Waals surface area contributed by atoms with Gasteiger partial charge in [0.2, 0.25) is 0 Å². The largest absolute Gasteiger partial charge is 0.496 e. The zero-order chi connectivity index (χ0) is 21.6. The maximum absolute atomic E-state index is 12.4. The van der Waals surface area contributed by atoms with Crippen molar-refractivity contribution in [1.29, 1.82) is 0 Å². The number of allylic oxidation sites excluding steroid dienone is 7. The van der Waals surface area contributed by atoms with Gasteiger partial charge in [-0.2, -0.15) is 0 Å². The Bertz CT molecular complexity index is 812. The molecule has 2 aliphatic heterocycles. The minimum absolute atomic E-state index is 0.112. The first kappa shape index (κ1) is 21.9. The number of Topliss-reactive ketones (excluding diaryl/α,β-unsaturated/α-hetero) is 1. The van der Waals surface area contributed by atoms with Gasteiger partial charge in [0.15, 0.2) is 0 Å². The average Bonchev–Trinajstić information content (AvgIpc) is 2.93. The third-order valence-corrected chi connectivity index (χ3v) is 4.97. The van der Waals surface area contributed by atoms with E-state index >= 15 is 0 Å². The van der Waals surface area contributed by atoms with Gasteiger partial charge < -0.3 is 19.3 Å². The molecule has 3 rings (SSSR count). The van der Waals surface area contributed by atoms with E-state index in [-0.39, 0.29) is 11.9 Å². The minimum atomic E-state index is -0.529. The summed E-state index contributed by atoms with van der Waals surface area (Å²) in [5, 5.41) is 0. The molecule has 3 aliphatic rings. The van der Waals surface area contributed by atoms with Crippen LogP contribution in [0.4, 0.5) is 4.79 Å². The molecular weight excluding hydrogens is 380 g/mol. The van der Waals surface area contributed by atoms with Gasteiger partial charge in [-0.1, -0.05) is 36.5 Å². The molecule has 0 unspecified atom stereocenters. The normalized spacial score (nSPS) is 23.2. The van der Waals surface area contributed by atoms with Crippen LogP contribution in [0.1, 0.15) is 46.5 Å². The van der Waals surface area contributed by atoms with Gasteiger partial charge in [-0.3, -0.25) is 4.79 Å². The highest BCUT2D eigenvalue weighted by Gasteiger charge is 2.29. The van der Waals surface area contributed by atoms with Gasteiger partial charge in [-0.25, -0.2) is 4.79 Å². The van der Waals surface area contributed by atoms with Gasteiger partial charge in [0.25, 0.3) is 0 Å². The molecule has 0 saturated carbocycles. The van der Waals surface area contributed by atoms with Crippen LogP contribution < -0.4 is 0 Å². The molecule has 162 valence electrons. The Kier molecular flexibility index (Phi) is 7.19. The molecule has 0 aromatic heterocycles. The molecule has 0 bridgehead atoms. The fourth-order valence-electron chi connectivity index (χ4n) is 3.46. The fraction of sp³-hybridized carbons (Fsp3) is 0.500. The first-order chi connectivity index (χ1) is 14.3. The van der Waals surface area contributed by atoms with E-state index in [0.717, 1.165) is 18.5 Å². The van der Waals surface area contributed by atoms with Crippen molar-refractivity contribution in [3.05, 3.63) is 59.7 Å². The second-order valence-electron chi connectivity index (χ2n) is 8.71. The first-order valence-corrected chi connectivity index (χ1v) is 10.6. The molecule has 0 atom stereocenters. The molecule has 1 amide bonds. The summed E-state index contributed by atoms with van der Waals surface area (Å²) in [5.74, 6) is 0.799. The molecule has 0 radical (unpaired) electrons. The van der Waals surface area contributed by atoms with Gasteiger partial charge in [0.05, 0.1) is 19.6 Å². The second-order valence-corrected chi connectivity index (χ2v) is 8.71. The molecule has 1 saturated heterocycles. The molecule has 1 fully saturated rings. The number of carbonyl (C=O) groups excluding carboxylic acids is 2. The van der Waals surface area contributed by atoms with Crippen LogP contribution in [0.2, 0.25) is 0 Å². The summed E-state index contributed by atoms with van der Waals surface area (Å²) >= 11 is 0. The Labute approximate surface area is 179 Å². The van der Waals surface area contributed by atoms with Gasteiger partial charge in [-0.15, -0.1) is 0 Å². The van der Waals surface area contributed by atoms with E-state index in [9.17, 15) is 9.59 Å². The second kappa shape index (κ2) is 9.83. The van der Waals surface area contributed by atoms with Crippen LogP contribution in [0.3, 0.4) is 0 Å². The van der Waals surface area contributed by atoms with E-state index in [1.165, 1.54) is 5.57 Å². The fourth-order valence-corrected chi connectivity index (χ4v) is 3.46. The van der Waals surface area contributed by atoms with Gasteiger partial charge in [0, 0.05) is 37.8 Å². The van der Waals surface area contributed by atoms with Gasteiger partial charge in [0.1, 0.15) is 17.1 Å². The minimum Gasteiger partial charge on any atom is -0.496 e. The Morgan fingerprint density at radius 2 is 2.00 bits per heavy atom. The summed E-state index contributed by atoms with van der Waals surface area (Å²) in [7, 11) is 0. The van der Waals surface area contributed by atoms with Crippen molar-refractivity contribution >= 4 is 11.9 Å². The van der Waals surface area contributed by atoms with Crippen LogP contribution in [0.25, 0.3) is 0 Å². The third kappa shape index (κ3) is 6.65. The molecule has 6 nitrogen and oxygen atoms in total. The SMILES string of the molecule is CC(C)(C)OC(=O)N1CCN2/C=C(/OCCC3=CCC=CC=C3)CC(=O)C/C=C\2C1. The van der Waals surface area contributed by atoms with Gasteiger partial charge >= 0.3 is 6.09 Å². The Morgan fingerprint density at radius 1 is 1.17 bits per heavy atom. The number of ether oxygens (including phenoxy) is 2. The highest BCUT2D eigenvalue weighted by atomic mass is 16.6.